The predicted octanol–water partition coefficient (Wildman–Crippen LogP) is 1.31. The maximum Gasteiger partial charge on any atom is 0.251 e. The first-order valence-electron chi connectivity index (χ1n) is 7.95. The van der Waals surface area contributed by atoms with Gasteiger partial charge in [-0.3, -0.25) is 9.59 Å². The third kappa shape index (κ3) is 4.69. The molecule has 0 aliphatic carbocycles. The largest absolute Gasteiger partial charge is 0.356 e. The van der Waals surface area contributed by atoms with Gasteiger partial charge in [0.25, 0.3) is 5.91 Å². The van der Waals surface area contributed by atoms with Crippen LogP contribution in [0.2, 0.25) is 5.02 Å². The Labute approximate surface area is 147 Å². The molecule has 0 bridgehead atoms. The molecule has 0 saturated carbocycles. The molecule has 2 amide bonds. The first-order chi connectivity index (χ1) is 11.4. The van der Waals surface area contributed by atoms with Crippen molar-refractivity contribution in [3.63, 3.8) is 0 Å². The number of ether oxygens (including phenoxy) is 1. The summed E-state index contributed by atoms with van der Waals surface area (Å²) in [6.45, 7) is 1.38. The standard InChI is InChI=1S/C17H24ClN3O3/c1-20(2)10-4-9-19-17(23)16-15(21(3)14(22)11-24-16)12-5-7-13(18)8-6-12/h5-8,15-16H,4,9-11H2,1-3H3,(H,19,23)/t15-,16+/m0/s1. The first-order valence-corrected chi connectivity index (χ1v) is 8.33. The highest BCUT2D eigenvalue weighted by Crippen LogP contribution is 2.30. The Morgan fingerprint density at radius 2 is 2.04 bits per heavy atom. The summed E-state index contributed by atoms with van der Waals surface area (Å²) in [7, 11) is 5.67. The zero-order valence-corrected chi connectivity index (χ0v) is 15.0. The van der Waals surface area contributed by atoms with Crippen LogP contribution >= 0.6 is 11.6 Å². The molecule has 0 spiro atoms. The predicted molar refractivity (Wildman–Crippen MR) is 92.9 cm³/mol. The van der Waals surface area contributed by atoms with Gasteiger partial charge >= 0.3 is 0 Å². The lowest BCUT2D eigenvalue weighted by molar-refractivity contribution is -0.162. The van der Waals surface area contributed by atoms with Crippen molar-refractivity contribution in [1.29, 1.82) is 0 Å². The van der Waals surface area contributed by atoms with Crippen LogP contribution in [0.15, 0.2) is 24.3 Å². The van der Waals surface area contributed by atoms with E-state index in [0.29, 0.717) is 11.6 Å². The van der Waals surface area contributed by atoms with Gasteiger partial charge in [0.1, 0.15) is 6.61 Å². The molecule has 0 aromatic heterocycles. The molecule has 1 aromatic carbocycles. The minimum atomic E-state index is -0.728. The van der Waals surface area contributed by atoms with E-state index in [1.165, 1.54) is 0 Å². The molecule has 1 heterocycles. The molecule has 1 saturated heterocycles. The van der Waals surface area contributed by atoms with Crippen LogP contribution in [0.3, 0.4) is 0 Å². The van der Waals surface area contributed by atoms with E-state index in [9.17, 15) is 9.59 Å². The van der Waals surface area contributed by atoms with Crippen molar-refractivity contribution in [2.24, 2.45) is 0 Å². The number of amides is 2. The molecule has 1 aliphatic heterocycles. The number of carbonyl (C=O) groups is 2. The highest BCUT2D eigenvalue weighted by atomic mass is 35.5. The number of hydrogen-bond donors (Lipinski definition) is 1. The van der Waals surface area contributed by atoms with Crippen LogP contribution in [0.4, 0.5) is 0 Å². The Hall–Kier alpha value is -1.63. The van der Waals surface area contributed by atoms with Crippen molar-refractivity contribution in [3.8, 4) is 0 Å². The summed E-state index contributed by atoms with van der Waals surface area (Å²) in [5, 5.41) is 3.51. The summed E-state index contributed by atoms with van der Waals surface area (Å²) in [4.78, 5) is 28.1. The highest BCUT2D eigenvalue weighted by molar-refractivity contribution is 6.30. The molecule has 0 radical (unpaired) electrons. The van der Waals surface area contributed by atoms with E-state index in [0.717, 1.165) is 18.5 Å². The first kappa shape index (κ1) is 18.7. The lowest BCUT2D eigenvalue weighted by Crippen LogP contribution is -2.53. The van der Waals surface area contributed by atoms with Crippen LogP contribution < -0.4 is 5.32 Å². The van der Waals surface area contributed by atoms with Crippen LogP contribution in [0.25, 0.3) is 0 Å². The quantitative estimate of drug-likeness (QED) is 0.783. The monoisotopic (exact) mass is 353 g/mol. The van der Waals surface area contributed by atoms with E-state index < -0.39 is 12.1 Å². The van der Waals surface area contributed by atoms with E-state index in [1.54, 1.807) is 24.1 Å². The molecule has 2 rings (SSSR count). The van der Waals surface area contributed by atoms with Gasteiger partial charge in [0.15, 0.2) is 6.10 Å². The smallest absolute Gasteiger partial charge is 0.251 e. The molecule has 6 nitrogen and oxygen atoms in total. The average molecular weight is 354 g/mol. The Kier molecular flexibility index (Phi) is 6.60. The van der Waals surface area contributed by atoms with Crippen molar-refractivity contribution < 1.29 is 14.3 Å². The minimum absolute atomic E-state index is 0.0869. The third-order valence-electron chi connectivity index (χ3n) is 4.04. The lowest BCUT2D eigenvalue weighted by Gasteiger charge is -2.38. The maximum atomic E-state index is 12.5. The molecular weight excluding hydrogens is 330 g/mol. The summed E-state index contributed by atoms with van der Waals surface area (Å²) in [5.74, 6) is -0.348. The SMILES string of the molecule is CN(C)CCCNC(=O)[C@@H]1OCC(=O)N(C)[C@H]1c1ccc(Cl)cc1. The molecule has 1 aliphatic rings. The fraction of sp³-hybridized carbons (Fsp3) is 0.529. The van der Waals surface area contributed by atoms with Gasteiger partial charge in [0.2, 0.25) is 5.91 Å². The number of benzene rings is 1. The molecular formula is C17H24ClN3O3. The van der Waals surface area contributed by atoms with Gasteiger partial charge in [-0.05, 0) is 44.8 Å². The van der Waals surface area contributed by atoms with Crippen molar-refractivity contribution in [2.75, 3.05) is 40.8 Å². The molecule has 1 fully saturated rings. The maximum absolute atomic E-state index is 12.5. The Morgan fingerprint density at radius 1 is 1.38 bits per heavy atom. The Balaban J connectivity index is 2.08. The highest BCUT2D eigenvalue weighted by Gasteiger charge is 2.39. The number of nitrogens with zero attached hydrogens (tertiary/aromatic N) is 2. The molecule has 2 atom stereocenters. The second kappa shape index (κ2) is 8.46. The summed E-state index contributed by atoms with van der Waals surface area (Å²) in [6.07, 6.45) is 0.125. The van der Waals surface area contributed by atoms with Gasteiger partial charge in [-0.25, -0.2) is 0 Å². The van der Waals surface area contributed by atoms with Crippen molar-refractivity contribution in [3.05, 3.63) is 34.9 Å². The molecule has 1 N–H and O–H groups in total. The fourth-order valence-electron chi connectivity index (χ4n) is 2.70. The normalized spacial score (nSPS) is 21.2. The van der Waals surface area contributed by atoms with Gasteiger partial charge in [-0.1, -0.05) is 23.7 Å². The number of rotatable bonds is 6. The molecule has 132 valence electrons. The Morgan fingerprint density at radius 3 is 2.67 bits per heavy atom. The lowest BCUT2D eigenvalue weighted by atomic mass is 9.97. The number of carbonyl (C=O) groups excluding carboxylic acids is 2. The fourth-order valence-corrected chi connectivity index (χ4v) is 2.82. The molecule has 0 unspecified atom stereocenters. The topological polar surface area (TPSA) is 61.9 Å². The van der Waals surface area contributed by atoms with Crippen LogP contribution in [0, 0.1) is 0 Å². The summed E-state index contributed by atoms with van der Waals surface area (Å²) >= 11 is 5.93. The van der Waals surface area contributed by atoms with Gasteiger partial charge in [0, 0.05) is 18.6 Å². The summed E-state index contributed by atoms with van der Waals surface area (Å²) in [6, 6.07) is 6.67. The average Bonchev–Trinajstić information content (AvgIpc) is 2.54. The van der Waals surface area contributed by atoms with Crippen LogP contribution in [0.1, 0.15) is 18.0 Å². The zero-order valence-electron chi connectivity index (χ0n) is 14.3. The van der Waals surface area contributed by atoms with E-state index in [4.69, 9.17) is 16.3 Å². The van der Waals surface area contributed by atoms with E-state index in [-0.39, 0.29) is 18.4 Å². The Bertz CT molecular complexity index is 577. The second-order valence-electron chi connectivity index (χ2n) is 6.18. The minimum Gasteiger partial charge on any atom is -0.356 e. The van der Waals surface area contributed by atoms with Crippen LogP contribution in [-0.4, -0.2) is 68.6 Å². The number of hydrogen-bond acceptors (Lipinski definition) is 4. The molecule has 1 aromatic rings. The summed E-state index contributed by atoms with van der Waals surface area (Å²) < 4.78 is 5.55. The zero-order chi connectivity index (χ0) is 17.7. The van der Waals surface area contributed by atoms with E-state index >= 15 is 0 Å². The number of halogens is 1. The van der Waals surface area contributed by atoms with Gasteiger partial charge in [-0.2, -0.15) is 0 Å². The van der Waals surface area contributed by atoms with E-state index in [1.807, 2.05) is 26.2 Å². The number of morpholine rings is 1. The molecule has 24 heavy (non-hydrogen) atoms. The molecule has 7 heteroatoms. The van der Waals surface area contributed by atoms with Crippen molar-refractivity contribution >= 4 is 23.4 Å². The van der Waals surface area contributed by atoms with Crippen LogP contribution in [-0.2, 0) is 14.3 Å². The van der Waals surface area contributed by atoms with Crippen molar-refractivity contribution in [2.45, 2.75) is 18.6 Å². The number of nitrogens with one attached hydrogen (secondary N) is 1. The van der Waals surface area contributed by atoms with Crippen molar-refractivity contribution in [1.82, 2.24) is 15.1 Å². The van der Waals surface area contributed by atoms with E-state index in [2.05, 4.69) is 10.2 Å². The van der Waals surface area contributed by atoms with Crippen LogP contribution in [0.5, 0.6) is 0 Å². The summed E-state index contributed by atoms with van der Waals surface area (Å²) in [5.41, 5.74) is 0.823. The van der Waals surface area contributed by atoms with Gasteiger partial charge in [-0.15, -0.1) is 0 Å². The van der Waals surface area contributed by atoms with Gasteiger partial charge < -0.3 is 19.9 Å². The second-order valence-corrected chi connectivity index (χ2v) is 6.62. The van der Waals surface area contributed by atoms with Gasteiger partial charge in [0.05, 0.1) is 6.04 Å². The third-order valence-corrected chi connectivity index (χ3v) is 4.29. The number of likely N-dealkylation sites (N-methyl/N-ethyl adjacent to an activating group) is 1.